The number of halogens is 1. The van der Waals surface area contributed by atoms with Crippen molar-refractivity contribution in [1.82, 2.24) is 9.97 Å². The van der Waals surface area contributed by atoms with Gasteiger partial charge in [-0.05, 0) is 12.1 Å². The standard InChI is InChI=1S/C8H5ClN2O2.K/c9-4-2-1-3-5-6(4)7(12)11-8(13)10-5;/h1-3H,(H2,10,11,12,13);. The first-order valence-corrected chi connectivity index (χ1v) is 3.97. The molecule has 2 aromatic rings. The second kappa shape index (κ2) is 4.74. The van der Waals surface area contributed by atoms with Crippen LogP contribution < -0.4 is 11.2 Å². The van der Waals surface area contributed by atoms with Gasteiger partial charge in [-0.3, -0.25) is 9.78 Å². The van der Waals surface area contributed by atoms with Gasteiger partial charge in [0.1, 0.15) is 0 Å². The molecule has 0 fully saturated rings. The Bertz CT molecular complexity index is 575. The maximum atomic E-state index is 11.3. The average molecular weight is 236 g/mol. The van der Waals surface area contributed by atoms with Crippen molar-refractivity contribution >= 4 is 73.9 Å². The molecule has 0 unspecified atom stereocenters. The molecular weight excluding hydrogens is 231 g/mol. The van der Waals surface area contributed by atoms with Gasteiger partial charge in [-0.2, -0.15) is 0 Å². The third kappa shape index (κ3) is 2.18. The summed E-state index contributed by atoms with van der Waals surface area (Å²) < 4.78 is 0. The first-order chi connectivity index (χ1) is 6.18. The van der Waals surface area contributed by atoms with Gasteiger partial charge in [0, 0.05) is 51.4 Å². The summed E-state index contributed by atoms with van der Waals surface area (Å²) in [5, 5.41) is 0.638. The van der Waals surface area contributed by atoms with Crippen LogP contribution in [0.2, 0.25) is 5.02 Å². The Morgan fingerprint density at radius 2 is 1.86 bits per heavy atom. The van der Waals surface area contributed by atoms with Crippen LogP contribution in [0.15, 0.2) is 27.8 Å². The van der Waals surface area contributed by atoms with E-state index in [-0.39, 0.29) is 51.4 Å². The number of hydrogen-bond donors (Lipinski definition) is 2. The molecule has 1 radical (unpaired) electrons. The topological polar surface area (TPSA) is 65.7 Å². The molecular formula is C8H5ClKN2O2. The number of hydrogen-bond acceptors (Lipinski definition) is 2. The molecule has 0 aliphatic heterocycles. The maximum absolute atomic E-state index is 11.3. The van der Waals surface area contributed by atoms with Crippen LogP contribution in [0.5, 0.6) is 0 Å². The third-order valence-electron chi connectivity index (χ3n) is 1.72. The zero-order valence-electron chi connectivity index (χ0n) is 7.43. The second-order valence-electron chi connectivity index (χ2n) is 2.57. The van der Waals surface area contributed by atoms with Crippen molar-refractivity contribution < 1.29 is 0 Å². The smallest absolute Gasteiger partial charge is 0.307 e. The van der Waals surface area contributed by atoms with E-state index in [1.165, 1.54) is 0 Å². The summed E-state index contributed by atoms with van der Waals surface area (Å²) in [6.45, 7) is 0. The second-order valence-corrected chi connectivity index (χ2v) is 2.98. The number of fused-ring (bicyclic) bond motifs is 1. The molecule has 1 aromatic heterocycles. The summed E-state index contributed by atoms with van der Waals surface area (Å²) in [6, 6.07) is 4.88. The fraction of sp³-hybridized carbons (Fsp3) is 0. The molecule has 0 bridgehead atoms. The predicted molar refractivity (Wildman–Crippen MR) is 56.0 cm³/mol. The number of aromatic amines is 2. The van der Waals surface area contributed by atoms with Crippen LogP contribution in [0, 0.1) is 0 Å². The van der Waals surface area contributed by atoms with Crippen molar-refractivity contribution in [3.05, 3.63) is 44.1 Å². The molecule has 1 heterocycles. The van der Waals surface area contributed by atoms with Gasteiger partial charge in [0.05, 0.1) is 15.9 Å². The van der Waals surface area contributed by atoms with E-state index in [9.17, 15) is 9.59 Å². The first kappa shape index (κ1) is 12.2. The Labute approximate surface area is 126 Å². The number of nitrogens with one attached hydrogen (secondary N) is 2. The summed E-state index contributed by atoms with van der Waals surface area (Å²) in [7, 11) is 0. The Morgan fingerprint density at radius 1 is 1.14 bits per heavy atom. The molecule has 0 spiro atoms. The van der Waals surface area contributed by atoms with Crippen molar-refractivity contribution in [2.24, 2.45) is 0 Å². The molecule has 1 aromatic carbocycles. The van der Waals surface area contributed by atoms with Crippen LogP contribution in [0.1, 0.15) is 0 Å². The van der Waals surface area contributed by atoms with Gasteiger partial charge in [0.2, 0.25) is 0 Å². The molecule has 67 valence electrons. The summed E-state index contributed by atoms with van der Waals surface area (Å²) in [5.74, 6) is 0. The van der Waals surface area contributed by atoms with Crippen molar-refractivity contribution in [2.75, 3.05) is 0 Å². The Morgan fingerprint density at radius 3 is 2.57 bits per heavy atom. The fourth-order valence-electron chi connectivity index (χ4n) is 1.18. The summed E-state index contributed by atoms with van der Waals surface area (Å²) in [5.41, 5.74) is -0.551. The summed E-state index contributed by atoms with van der Waals surface area (Å²) in [6.07, 6.45) is 0. The first-order valence-electron chi connectivity index (χ1n) is 3.59. The van der Waals surface area contributed by atoms with Gasteiger partial charge in [-0.25, -0.2) is 4.79 Å². The van der Waals surface area contributed by atoms with E-state index in [2.05, 4.69) is 9.97 Å². The molecule has 2 rings (SSSR count). The zero-order valence-corrected chi connectivity index (χ0v) is 11.3. The Balaban J connectivity index is 0.000000980. The average Bonchev–Trinajstić information content (AvgIpc) is 2.02. The number of aromatic nitrogens is 2. The van der Waals surface area contributed by atoms with E-state index >= 15 is 0 Å². The van der Waals surface area contributed by atoms with Gasteiger partial charge >= 0.3 is 5.69 Å². The molecule has 0 saturated carbocycles. The SMILES string of the molecule is O=c1[nH]c(=O)c2c(Cl)cccc2[nH]1.[K]. The Hall–Kier alpha value is 0.0864. The number of benzene rings is 1. The van der Waals surface area contributed by atoms with Gasteiger partial charge in [0.25, 0.3) is 5.56 Å². The van der Waals surface area contributed by atoms with Crippen LogP contribution in [-0.4, -0.2) is 61.4 Å². The van der Waals surface area contributed by atoms with Crippen LogP contribution >= 0.6 is 11.6 Å². The van der Waals surface area contributed by atoms with E-state index < -0.39 is 11.2 Å². The van der Waals surface area contributed by atoms with E-state index in [4.69, 9.17) is 11.6 Å². The molecule has 0 atom stereocenters. The fourth-order valence-corrected chi connectivity index (χ4v) is 1.44. The third-order valence-corrected chi connectivity index (χ3v) is 2.03. The van der Waals surface area contributed by atoms with E-state index in [1.54, 1.807) is 18.2 Å². The summed E-state index contributed by atoms with van der Waals surface area (Å²) in [4.78, 5) is 26.7. The van der Waals surface area contributed by atoms with Crippen LogP contribution in [0.25, 0.3) is 10.9 Å². The summed E-state index contributed by atoms with van der Waals surface area (Å²) >= 11 is 5.77. The molecule has 0 saturated heterocycles. The van der Waals surface area contributed by atoms with Crippen LogP contribution in [0.4, 0.5) is 0 Å². The van der Waals surface area contributed by atoms with E-state index in [0.29, 0.717) is 15.9 Å². The number of rotatable bonds is 0. The van der Waals surface area contributed by atoms with Crippen LogP contribution in [-0.2, 0) is 0 Å². The van der Waals surface area contributed by atoms with Gasteiger partial charge in [0.15, 0.2) is 0 Å². The van der Waals surface area contributed by atoms with Gasteiger partial charge in [-0.15, -0.1) is 0 Å². The predicted octanol–water partition coefficient (Wildman–Crippen LogP) is 0.489. The van der Waals surface area contributed by atoms with Crippen molar-refractivity contribution in [3.63, 3.8) is 0 Å². The van der Waals surface area contributed by atoms with Gasteiger partial charge < -0.3 is 4.98 Å². The monoisotopic (exact) mass is 235 g/mol. The van der Waals surface area contributed by atoms with Crippen molar-refractivity contribution in [3.8, 4) is 0 Å². The zero-order chi connectivity index (χ0) is 9.42. The quantitative estimate of drug-likeness (QED) is 0.653. The van der Waals surface area contributed by atoms with E-state index in [1.807, 2.05) is 0 Å². The Kier molecular flexibility index (Phi) is 4.11. The molecule has 0 amide bonds. The minimum Gasteiger partial charge on any atom is -0.307 e. The number of H-pyrrole nitrogens is 2. The largest absolute Gasteiger partial charge is 0.326 e. The molecule has 4 nitrogen and oxygen atoms in total. The molecule has 14 heavy (non-hydrogen) atoms. The van der Waals surface area contributed by atoms with Crippen LogP contribution in [0.3, 0.4) is 0 Å². The molecule has 2 N–H and O–H groups in total. The van der Waals surface area contributed by atoms with E-state index in [0.717, 1.165) is 0 Å². The normalized spacial score (nSPS) is 9.79. The van der Waals surface area contributed by atoms with Crippen molar-refractivity contribution in [1.29, 1.82) is 0 Å². The molecule has 0 aliphatic rings. The minimum absolute atomic E-state index is 0. The molecule has 0 aliphatic carbocycles. The molecule has 6 heteroatoms. The maximum Gasteiger partial charge on any atom is 0.326 e. The van der Waals surface area contributed by atoms with Crippen molar-refractivity contribution in [2.45, 2.75) is 0 Å². The van der Waals surface area contributed by atoms with Gasteiger partial charge in [-0.1, -0.05) is 17.7 Å². The minimum atomic E-state index is -0.528.